The van der Waals surface area contributed by atoms with Crippen LogP contribution < -0.4 is 0 Å². The van der Waals surface area contributed by atoms with Crippen LogP contribution in [0, 0.1) is 32.9 Å². The van der Waals surface area contributed by atoms with Crippen LogP contribution in [0.25, 0.3) is 66.7 Å². The zero-order valence-corrected chi connectivity index (χ0v) is 47.0. The predicted octanol–water partition coefficient (Wildman–Crippen LogP) is 15.5. The van der Waals surface area contributed by atoms with Gasteiger partial charge in [-0.15, -0.1) is 70.8 Å². The second-order valence-electron chi connectivity index (χ2n) is 20.2. The van der Waals surface area contributed by atoms with E-state index in [1.165, 1.54) is 30.5 Å². The van der Waals surface area contributed by atoms with Crippen molar-refractivity contribution in [1.29, 1.82) is 0 Å². The van der Waals surface area contributed by atoms with Crippen LogP contribution in [-0.2, 0) is 66.0 Å². The van der Waals surface area contributed by atoms with Gasteiger partial charge in [-0.25, -0.2) is 0 Å². The van der Waals surface area contributed by atoms with Gasteiger partial charge in [0.1, 0.15) is 45.6 Å². The first-order chi connectivity index (χ1) is 31.5. The van der Waals surface area contributed by atoms with Gasteiger partial charge in [-0.05, 0) is 104 Å². The minimum absolute atomic E-state index is 0. The van der Waals surface area contributed by atoms with E-state index in [9.17, 15) is 9.59 Å². The smallest absolute Gasteiger partial charge is 0.137 e. The number of benzene rings is 3. The Kier molecular flexibility index (Phi) is 18.9. The molecular weight excluding hydrogens is 1220 g/mol. The van der Waals surface area contributed by atoms with E-state index in [4.69, 9.17) is 13.3 Å². The van der Waals surface area contributed by atoms with Gasteiger partial charge >= 0.3 is 0 Å². The number of rotatable bonds is 5. The molecule has 10 heteroatoms. The second kappa shape index (κ2) is 23.3. The predicted molar refractivity (Wildman–Crippen MR) is 272 cm³/mol. The van der Waals surface area contributed by atoms with Crippen molar-refractivity contribution in [2.45, 2.75) is 120 Å². The molecule has 0 N–H and O–H groups in total. The summed E-state index contributed by atoms with van der Waals surface area (Å²) in [7, 11) is 0. The van der Waals surface area contributed by atoms with Gasteiger partial charge in [0.05, 0.1) is 12.1 Å². The van der Waals surface area contributed by atoms with Gasteiger partial charge in [0, 0.05) is 80.5 Å². The Morgan fingerprint density at radius 3 is 1.07 bits per heavy atom. The van der Waals surface area contributed by atoms with Gasteiger partial charge in [0.2, 0.25) is 0 Å². The monoisotopic (exact) mass is 1280 g/mol. The molecule has 8 nitrogen and oxygen atoms in total. The summed E-state index contributed by atoms with van der Waals surface area (Å²) in [6, 6.07) is 39.8. The van der Waals surface area contributed by atoms with Gasteiger partial charge in [-0.2, -0.15) is 0 Å². The number of hydrogen-bond donors (Lipinski definition) is 0. The largest absolute Gasteiger partial charge is 0.462 e. The fraction of sp³-hybridized carbons (Fsp3) is 0.305. The minimum atomic E-state index is -0.0625. The normalized spacial score (nSPS) is 11.3. The molecule has 9 rings (SSSR count). The first-order valence-electron chi connectivity index (χ1n) is 22.7. The molecular formula is C59H63Ir2N3O5-2. The number of ketones is 2. The molecule has 0 spiro atoms. The maximum atomic E-state index is 10.0. The SMILES string of the molecule is CC(=O)CC(C)=O.Cc1cc2c(-c3[c-]cc(C(C)(C)C)cc3)nccc2o1.Cc1cc2c(-c3[c-]cc(C(C)(C)C)cc3)nccc2o1.Cc1cc2c(-c3ccc(C(C)(C)C)cc3)nccc2o1.[Ir].[Ir]. The molecule has 0 aliphatic carbocycles. The molecule has 2 radical (unpaired) electrons. The fourth-order valence-electron chi connectivity index (χ4n) is 7.49. The topological polar surface area (TPSA) is 112 Å². The molecule has 0 saturated heterocycles. The summed E-state index contributed by atoms with van der Waals surface area (Å²) in [5.74, 6) is 2.60. The summed E-state index contributed by atoms with van der Waals surface area (Å²) < 4.78 is 17.0. The Hall–Kier alpha value is -5.63. The van der Waals surface area contributed by atoms with Crippen molar-refractivity contribution >= 4 is 44.5 Å². The van der Waals surface area contributed by atoms with Crippen molar-refractivity contribution in [1.82, 2.24) is 15.0 Å². The number of carbonyl (C=O) groups excluding carboxylic acids is 2. The maximum absolute atomic E-state index is 10.0. The molecule has 0 atom stereocenters. The molecule has 0 saturated carbocycles. The number of Topliss-reactive ketones (excluding diaryl/α,β-unsaturated/α-hetero) is 2. The molecule has 0 fully saturated rings. The number of pyridine rings is 3. The Bertz CT molecular complexity index is 2790. The molecule has 0 amide bonds. The van der Waals surface area contributed by atoms with Crippen LogP contribution in [0.15, 0.2) is 129 Å². The van der Waals surface area contributed by atoms with E-state index in [1.807, 2.05) is 51.1 Å². The third-order valence-electron chi connectivity index (χ3n) is 11.1. The molecule has 0 aliphatic heterocycles. The van der Waals surface area contributed by atoms with E-state index in [-0.39, 0.29) is 74.4 Å². The van der Waals surface area contributed by atoms with Gasteiger partial charge in [0.25, 0.3) is 0 Å². The number of furan rings is 3. The summed E-state index contributed by atoms with van der Waals surface area (Å²) in [4.78, 5) is 33.6. The van der Waals surface area contributed by atoms with Crippen LogP contribution in [0.5, 0.6) is 0 Å². The summed E-state index contributed by atoms with van der Waals surface area (Å²) in [5.41, 5.74) is 13.0. The maximum Gasteiger partial charge on any atom is 0.137 e. The first kappa shape index (κ1) is 56.0. The number of fused-ring (bicyclic) bond motifs is 3. The molecule has 69 heavy (non-hydrogen) atoms. The molecule has 0 bridgehead atoms. The van der Waals surface area contributed by atoms with Crippen LogP contribution in [-0.4, -0.2) is 26.5 Å². The summed E-state index contributed by atoms with van der Waals surface area (Å²) in [6.45, 7) is 28.6. The van der Waals surface area contributed by atoms with Gasteiger partial charge in [-0.3, -0.25) is 14.6 Å². The molecule has 0 aliphatic rings. The average Bonchev–Trinajstić information content (AvgIpc) is 3.97. The minimum Gasteiger partial charge on any atom is -0.462 e. The zero-order chi connectivity index (χ0) is 48.8. The Morgan fingerprint density at radius 1 is 0.464 bits per heavy atom. The third kappa shape index (κ3) is 14.7. The van der Waals surface area contributed by atoms with Crippen LogP contribution >= 0.6 is 0 Å². The number of aromatic nitrogens is 3. The van der Waals surface area contributed by atoms with Crippen LogP contribution in [0.1, 0.15) is 117 Å². The first-order valence-corrected chi connectivity index (χ1v) is 22.7. The van der Waals surface area contributed by atoms with Crippen LogP contribution in [0.3, 0.4) is 0 Å². The number of aryl methyl sites for hydroxylation is 3. The van der Waals surface area contributed by atoms with Gasteiger partial charge in [0.15, 0.2) is 0 Å². The molecule has 6 heterocycles. The fourth-order valence-corrected chi connectivity index (χ4v) is 7.49. The van der Waals surface area contributed by atoms with Crippen molar-refractivity contribution in [2.24, 2.45) is 0 Å². The van der Waals surface area contributed by atoms with Crippen molar-refractivity contribution in [2.75, 3.05) is 0 Å². The third-order valence-corrected chi connectivity index (χ3v) is 11.1. The van der Waals surface area contributed by atoms with E-state index in [0.717, 1.165) is 84.0 Å². The van der Waals surface area contributed by atoms with Crippen molar-refractivity contribution in [3.8, 4) is 33.8 Å². The van der Waals surface area contributed by atoms with E-state index in [0.29, 0.717) is 0 Å². The average molecular weight is 1280 g/mol. The summed E-state index contributed by atoms with van der Waals surface area (Å²) >= 11 is 0. The molecule has 3 aromatic carbocycles. The second-order valence-corrected chi connectivity index (χ2v) is 20.2. The molecule has 364 valence electrons. The van der Waals surface area contributed by atoms with E-state index in [2.05, 4.69) is 156 Å². The molecule has 6 aromatic heterocycles. The quantitative estimate of drug-likeness (QED) is 0.124. The zero-order valence-electron chi connectivity index (χ0n) is 42.2. The molecule has 9 aromatic rings. The number of hydrogen-bond acceptors (Lipinski definition) is 8. The van der Waals surface area contributed by atoms with Crippen molar-refractivity contribution in [3.05, 3.63) is 162 Å². The van der Waals surface area contributed by atoms with Crippen molar-refractivity contribution in [3.63, 3.8) is 0 Å². The molecule has 0 unspecified atom stereocenters. The van der Waals surface area contributed by atoms with E-state index in [1.54, 1.807) is 18.6 Å². The van der Waals surface area contributed by atoms with E-state index < -0.39 is 0 Å². The Labute approximate surface area is 434 Å². The van der Waals surface area contributed by atoms with Crippen molar-refractivity contribution < 1.29 is 63.1 Å². The van der Waals surface area contributed by atoms with Gasteiger partial charge < -0.3 is 23.2 Å². The Balaban J connectivity index is 0.000000208. The standard InChI is InChI=1S/C18H19NO.2C18H18NO.C5H8O2.2Ir/c3*1-12-11-15-16(20-12)9-10-19-17(15)13-5-7-14(8-6-13)18(2,3)4;1-4(6)3-5(2)7;;/h5-11H,1-4H3;2*5,7-11H,1-4H3;3H2,1-2H3;;/q;2*-1;;;. The number of nitrogens with zero attached hydrogens (tertiary/aromatic N) is 3. The summed E-state index contributed by atoms with van der Waals surface area (Å²) in [5, 5.41) is 3.17. The Morgan fingerprint density at radius 2 is 0.783 bits per heavy atom. The number of carbonyl (C=O) groups is 2. The van der Waals surface area contributed by atoms with Crippen LogP contribution in [0.2, 0.25) is 0 Å². The summed E-state index contributed by atoms with van der Waals surface area (Å²) in [6.07, 6.45) is 5.45. The van der Waals surface area contributed by atoms with Crippen LogP contribution in [0.4, 0.5) is 0 Å². The van der Waals surface area contributed by atoms with Gasteiger partial charge in [-0.1, -0.05) is 86.6 Å². The van der Waals surface area contributed by atoms with E-state index >= 15 is 0 Å².